The minimum Gasteiger partial charge on any atom is -0.368 e. The Bertz CT molecular complexity index is 907. The van der Waals surface area contributed by atoms with Crippen LogP contribution in [-0.4, -0.2) is 20.8 Å². The number of halogens is 3. The quantitative estimate of drug-likeness (QED) is 0.656. The third-order valence-corrected chi connectivity index (χ3v) is 4.41. The van der Waals surface area contributed by atoms with Crippen molar-refractivity contribution in [2.24, 2.45) is 5.73 Å². The second kappa shape index (κ2) is 8.83. The largest absolute Gasteiger partial charge is 0.416 e. The molecule has 2 heterocycles. The molecule has 1 unspecified atom stereocenters. The summed E-state index contributed by atoms with van der Waals surface area (Å²) >= 11 is 0. The Morgan fingerprint density at radius 2 is 1.48 bits per heavy atom. The molecule has 0 aliphatic carbocycles. The Labute approximate surface area is 166 Å². The summed E-state index contributed by atoms with van der Waals surface area (Å²) in [5.41, 5.74) is 6.03. The lowest BCUT2D eigenvalue weighted by molar-refractivity contribution is -0.139. The molecule has 3 rings (SSSR count). The lowest BCUT2D eigenvalue weighted by atomic mass is 9.97. The normalized spacial score (nSPS) is 12.7. The van der Waals surface area contributed by atoms with E-state index in [1.807, 2.05) is 0 Å². The van der Waals surface area contributed by atoms with Gasteiger partial charge in [-0.15, -0.1) is 0 Å². The van der Waals surface area contributed by atoms with Crippen LogP contribution < -0.4 is 5.73 Å². The Morgan fingerprint density at radius 1 is 0.931 bits per heavy atom. The van der Waals surface area contributed by atoms with Gasteiger partial charge >= 0.3 is 6.18 Å². The smallest absolute Gasteiger partial charge is 0.368 e. The van der Waals surface area contributed by atoms with Gasteiger partial charge in [0, 0.05) is 37.9 Å². The molecule has 3 aromatic rings. The summed E-state index contributed by atoms with van der Waals surface area (Å²) in [6, 6.07) is 10.7. The second-order valence-corrected chi connectivity index (χ2v) is 6.52. The first-order valence-corrected chi connectivity index (χ1v) is 8.83. The zero-order valence-electron chi connectivity index (χ0n) is 15.4. The maximum absolute atomic E-state index is 13.6. The van der Waals surface area contributed by atoms with E-state index in [0.29, 0.717) is 0 Å². The van der Waals surface area contributed by atoms with Crippen molar-refractivity contribution in [3.8, 4) is 0 Å². The maximum Gasteiger partial charge on any atom is 0.416 e. The van der Waals surface area contributed by atoms with Crippen molar-refractivity contribution >= 4 is 5.91 Å². The molecule has 0 saturated carbocycles. The van der Waals surface area contributed by atoms with Crippen LogP contribution in [0.15, 0.2) is 73.3 Å². The van der Waals surface area contributed by atoms with Crippen LogP contribution in [-0.2, 0) is 24.1 Å². The van der Waals surface area contributed by atoms with Gasteiger partial charge in [0.15, 0.2) is 0 Å². The Hall–Kier alpha value is -3.26. The second-order valence-electron chi connectivity index (χ2n) is 6.52. The van der Waals surface area contributed by atoms with Gasteiger partial charge in [-0.25, -0.2) is 0 Å². The average Bonchev–Trinajstić information content (AvgIpc) is 2.69. The van der Waals surface area contributed by atoms with Gasteiger partial charge < -0.3 is 5.73 Å². The van der Waals surface area contributed by atoms with Gasteiger partial charge in [0.05, 0.1) is 5.56 Å². The van der Waals surface area contributed by atoms with Gasteiger partial charge in [0.2, 0.25) is 5.91 Å². The minimum atomic E-state index is -4.61. The van der Waals surface area contributed by atoms with Gasteiger partial charge in [-0.2, -0.15) is 13.2 Å². The molecular formula is C21H19F3N4O. The summed E-state index contributed by atoms with van der Waals surface area (Å²) in [7, 11) is 0. The monoisotopic (exact) mass is 400 g/mol. The summed E-state index contributed by atoms with van der Waals surface area (Å²) < 4.78 is 40.8. The minimum absolute atomic E-state index is 0.180. The Kier molecular flexibility index (Phi) is 6.23. The summed E-state index contributed by atoms with van der Waals surface area (Å²) in [5, 5.41) is 0. The topological polar surface area (TPSA) is 72.1 Å². The van der Waals surface area contributed by atoms with E-state index in [1.54, 1.807) is 54.0 Å². The highest BCUT2D eigenvalue weighted by Crippen LogP contribution is 2.37. The van der Waals surface area contributed by atoms with Crippen LogP contribution in [0.4, 0.5) is 13.2 Å². The Morgan fingerprint density at radius 3 is 1.93 bits per heavy atom. The molecule has 1 atom stereocenters. The summed E-state index contributed by atoms with van der Waals surface area (Å²) in [6.07, 6.45) is 1.78. The van der Waals surface area contributed by atoms with Crippen molar-refractivity contribution < 1.29 is 18.0 Å². The first kappa shape index (κ1) is 20.5. The molecule has 0 saturated heterocycles. The number of carbonyl (C=O) groups is 1. The summed E-state index contributed by atoms with van der Waals surface area (Å²) in [6.45, 7) is 0.366. The zero-order chi connectivity index (χ0) is 20.9. The predicted octanol–water partition coefficient (Wildman–Crippen LogP) is 3.72. The van der Waals surface area contributed by atoms with Crippen LogP contribution in [0.25, 0.3) is 0 Å². The number of hydrogen-bond acceptors (Lipinski definition) is 4. The van der Waals surface area contributed by atoms with E-state index >= 15 is 0 Å². The standard InChI is InChI=1S/C21H19F3N4O/c22-21(23,24)18-8-2-1-7-17(18)19(20(25)29)28(13-15-5-3-9-26-11-15)14-16-6-4-10-27-12-16/h1-12,19H,13-14H2,(H2,25,29). The van der Waals surface area contributed by atoms with Crippen molar-refractivity contribution in [3.63, 3.8) is 0 Å². The number of hydrogen-bond donors (Lipinski definition) is 1. The first-order chi connectivity index (χ1) is 13.9. The number of nitrogens with zero attached hydrogens (tertiary/aromatic N) is 3. The van der Waals surface area contributed by atoms with Gasteiger partial charge in [-0.05, 0) is 34.9 Å². The molecule has 5 nitrogen and oxygen atoms in total. The molecule has 2 aromatic heterocycles. The van der Waals surface area contributed by atoms with Gasteiger partial charge in [0.1, 0.15) is 6.04 Å². The van der Waals surface area contributed by atoms with Crippen LogP contribution in [0.3, 0.4) is 0 Å². The maximum atomic E-state index is 13.6. The molecule has 0 aliphatic heterocycles. The van der Waals surface area contributed by atoms with Crippen LogP contribution >= 0.6 is 0 Å². The lowest BCUT2D eigenvalue weighted by Crippen LogP contribution is -2.38. The molecule has 0 radical (unpaired) electrons. The molecule has 0 bridgehead atoms. The predicted molar refractivity (Wildman–Crippen MR) is 101 cm³/mol. The Balaban J connectivity index is 2.06. The first-order valence-electron chi connectivity index (χ1n) is 8.83. The molecule has 1 amide bonds. The van der Waals surface area contributed by atoms with Crippen molar-refractivity contribution in [3.05, 3.63) is 95.6 Å². The van der Waals surface area contributed by atoms with Crippen molar-refractivity contribution in [1.82, 2.24) is 14.9 Å². The van der Waals surface area contributed by atoms with E-state index < -0.39 is 23.7 Å². The SMILES string of the molecule is NC(=O)C(c1ccccc1C(F)(F)F)N(Cc1cccnc1)Cc1cccnc1. The van der Waals surface area contributed by atoms with E-state index in [2.05, 4.69) is 9.97 Å². The molecule has 1 aromatic carbocycles. The highest BCUT2D eigenvalue weighted by molar-refractivity contribution is 5.82. The number of carbonyl (C=O) groups excluding carboxylic acids is 1. The van der Waals surface area contributed by atoms with Crippen LogP contribution in [0.5, 0.6) is 0 Å². The highest BCUT2D eigenvalue weighted by atomic mass is 19.4. The van der Waals surface area contributed by atoms with E-state index in [0.717, 1.165) is 17.2 Å². The number of aromatic nitrogens is 2. The van der Waals surface area contributed by atoms with Gasteiger partial charge in [0.25, 0.3) is 0 Å². The number of alkyl halides is 3. The van der Waals surface area contributed by atoms with Crippen LogP contribution in [0, 0.1) is 0 Å². The van der Waals surface area contributed by atoms with E-state index in [9.17, 15) is 18.0 Å². The third kappa shape index (κ3) is 5.17. The third-order valence-electron chi connectivity index (χ3n) is 4.41. The summed E-state index contributed by atoms with van der Waals surface area (Å²) in [5.74, 6) is -0.866. The van der Waals surface area contributed by atoms with Crippen molar-refractivity contribution in [2.75, 3.05) is 0 Å². The van der Waals surface area contributed by atoms with Crippen molar-refractivity contribution in [2.45, 2.75) is 25.3 Å². The number of nitrogens with two attached hydrogens (primary N) is 1. The fourth-order valence-electron chi connectivity index (χ4n) is 3.21. The number of rotatable bonds is 7. The number of benzene rings is 1. The molecule has 0 spiro atoms. The lowest BCUT2D eigenvalue weighted by Gasteiger charge is -2.31. The fraction of sp³-hybridized carbons (Fsp3) is 0.190. The van der Waals surface area contributed by atoms with E-state index in [-0.39, 0.29) is 18.7 Å². The molecule has 150 valence electrons. The zero-order valence-corrected chi connectivity index (χ0v) is 15.4. The molecule has 0 aliphatic rings. The summed E-state index contributed by atoms with van der Waals surface area (Å²) in [4.78, 5) is 22.1. The van der Waals surface area contributed by atoms with Crippen LogP contribution in [0.1, 0.15) is 28.3 Å². The number of primary amides is 1. The van der Waals surface area contributed by atoms with E-state index in [1.165, 1.54) is 18.2 Å². The molecule has 8 heteroatoms. The average molecular weight is 400 g/mol. The highest BCUT2D eigenvalue weighted by Gasteiger charge is 2.38. The molecule has 29 heavy (non-hydrogen) atoms. The number of amides is 1. The van der Waals surface area contributed by atoms with Crippen molar-refractivity contribution in [1.29, 1.82) is 0 Å². The van der Waals surface area contributed by atoms with Crippen LogP contribution in [0.2, 0.25) is 0 Å². The number of pyridine rings is 2. The molecular weight excluding hydrogens is 381 g/mol. The fourth-order valence-corrected chi connectivity index (χ4v) is 3.21. The van der Waals surface area contributed by atoms with Gasteiger partial charge in [-0.1, -0.05) is 30.3 Å². The van der Waals surface area contributed by atoms with Gasteiger partial charge in [-0.3, -0.25) is 19.7 Å². The molecule has 2 N–H and O–H groups in total. The molecule has 0 fully saturated rings. The van der Waals surface area contributed by atoms with E-state index in [4.69, 9.17) is 5.73 Å².